The molecule has 0 aliphatic carbocycles. The van der Waals surface area contributed by atoms with E-state index in [2.05, 4.69) is 5.32 Å². The third-order valence-corrected chi connectivity index (χ3v) is 3.52. The van der Waals surface area contributed by atoms with Gasteiger partial charge in [-0.1, -0.05) is 35.9 Å². The number of fused-ring (bicyclic) bond motifs is 1. The van der Waals surface area contributed by atoms with E-state index in [1.54, 1.807) is 6.26 Å². The first kappa shape index (κ1) is 13.4. The van der Waals surface area contributed by atoms with Gasteiger partial charge in [0.2, 0.25) is 0 Å². The summed E-state index contributed by atoms with van der Waals surface area (Å²) in [6.07, 6.45) is 2.53. The molecule has 3 nitrogen and oxygen atoms in total. The molecular weight excluding hydrogens is 262 g/mol. The molecule has 1 amide bonds. The zero-order valence-electron chi connectivity index (χ0n) is 11.9. The van der Waals surface area contributed by atoms with Crippen LogP contribution in [0.4, 0.5) is 0 Å². The predicted octanol–water partition coefficient (Wildman–Crippen LogP) is 3.71. The minimum Gasteiger partial charge on any atom is -0.464 e. The number of carbonyl (C=O) groups excluding carboxylic acids is 1. The van der Waals surface area contributed by atoms with Gasteiger partial charge in [-0.25, -0.2) is 0 Å². The number of aryl methyl sites for hydroxylation is 1. The molecule has 0 bridgehead atoms. The molecule has 2 aromatic carbocycles. The first-order valence-electron chi connectivity index (χ1n) is 7.04. The summed E-state index contributed by atoms with van der Waals surface area (Å²) in [5.41, 5.74) is 3.79. The van der Waals surface area contributed by atoms with Gasteiger partial charge in [0.1, 0.15) is 5.58 Å². The van der Waals surface area contributed by atoms with Crippen molar-refractivity contribution in [1.29, 1.82) is 0 Å². The summed E-state index contributed by atoms with van der Waals surface area (Å²) in [6.45, 7) is 2.57. The van der Waals surface area contributed by atoms with E-state index in [9.17, 15) is 4.79 Å². The van der Waals surface area contributed by atoms with Crippen LogP contribution in [0.2, 0.25) is 0 Å². The first-order chi connectivity index (χ1) is 10.2. The number of furan rings is 1. The summed E-state index contributed by atoms with van der Waals surface area (Å²) in [6, 6.07) is 15.5. The van der Waals surface area contributed by atoms with Crippen LogP contribution in [-0.4, -0.2) is 12.5 Å². The molecule has 0 radical (unpaired) electrons. The number of hydrogen-bond acceptors (Lipinski definition) is 2. The van der Waals surface area contributed by atoms with Gasteiger partial charge in [0.25, 0.3) is 5.91 Å². The molecule has 1 aromatic heterocycles. The van der Waals surface area contributed by atoms with Crippen molar-refractivity contribution in [3.05, 3.63) is 71.5 Å². The molecule has 1 heterocycles. The Kier molecular flexibility index (Phi) is 3.73. The molecule has 1 N–H and O–H groups in total. The molecule has 21 heavy (non-hydrogen) atoms. The Morgan fingerprint density at radius 1 is 1.14 bits per heavy atom. The number of para-hydroxylation sites is 1. The van der Waals surface area contributed by atoms with Crippen LogP contribution < -0.4 is 5.32 Å². The van der Waals surface area contributed by atoms with Gasteiger partial charge in [0.15, 0.2) is 0 Å². The standard InChI is InChI=1S/C18H17NO2/c1-13-5-4-6-14(11-13)18(20)19-10-9-15-12-21-17-8-3-2-7-16(15)17/h2-8,11-12H,9-10H2,1H3,(H,19,20). The lowest BCUT2D eigenvalue weighted by molar-refractivity contribution is 0.0954. The number of hydrogen-bond donors (Lipinski definition) is 1. The lowest BCUT2D eigenvalue weighted by Crippen LogP contribution is -2.25. The Hall–Kier alpha value is -2.55. The van der Waals surface area contributed by atoms with Crippen molar-refractivity contribution < 1.29 is 9.21 Å². The van der Waals surface area contributed by atoms with Crippen LogP contribution in [0, 0.1) is 6.92 Å². The highest BCUT2D eigenvalue weighted by Gasteiger charge is 2.07. The Balaban J connectivity index is 1.62. The molecule has 3 aromatic rings. The minimum atomic E-state index is -0.0356. The van der Waals surface area contributed by atoms with Gasteiger partial charge in [0.05, 0.1) is 6.26 Å². The molecule has 0 unspecified atom stereocenters. The summed E-state index contributed by atoms with van der Waals surface area (Å²) >= 11 is 0. The number of nitrogens with one attached hydrogen (secondary N) is 1. The first-order valence-corrected chi connectivity index (χ1v) is 7.04. The normalized spacial score (nSPS) is 10.7. The molecular formula is C18H17NO2. The second kappa shape index (κ2) is 5.83. The van der Waals surface area contributed by atoms with Gasteiger partial charge >= 0.3 is 0 Å². The van der Waals surface area contributed by atoms with Crippen LogP contribution >= 0.6 is 0 Å². The second-order valence-corrected chi connectivity index (χ2v) is 5.13. The highest BCUT2D eigenvalue weighted by Crippen LogP contribution is 2.20. The smallest absolute Gasteiger partial charge is 0.251 e. The third-order valence-electron chi connectivity index (χ3n) is 3.52. The Labute approximate surface area is 123 Å². The molecule has 0 saturated carbocycles. The average Bonchev–Trinajstić information content (AvgIpc) is 2.91. The molecule has 0 aliphatic rings. The van der Waals surface area contributed by atoms with Crippen molar-refractivity contribution in [2.75, 3.05) is 6.54 Å². The van der Waals surface area contributed by atoms with E-state index < -0.39 is 0 Å². The number of rotatable bonds is 4. The predicted molar refractivity (Wildman–Crippen MR) is 83.4 cm³/mol. The van der Waals surface area contributed by atoms with Crippen LogP contribution in [0.1, 0.15) is 21.5 Å². The van der Waals surface area contributed by atoms with Crippen molar-refractivity contribution in [2.45, 2.75) is 13.3 Å². The van der Waals surface area contributed by atoms with Crippen LogP contribution in [0.25, 0.3) is 11.0 Å². The van der Waals surface area contributed by atoms with Gasteiger partial charge in [-0.15, -0.1) is 0 Å². The van der Waals surface area contributed by atoms with E-state index in [0.29, 0.717) is 12.1 Å². The monoisotopic (exact) mass is 279 g/mol. The van der Waals surface area contributed by atoms with Gasteiger partial charge in [-0.05, 0) is 37.1 Å². The van der Waals surface area contributed by atoms with E-state index in [-0.39, 0.29) is 5.91 Å². The molecule has 0 fully saturated rings. The zero-order chi connectivity index (χ0) is 14.7. The fourth-order valence-electron chi connectivity index (χ4n) is 2.43. The quantitative estimate of drug-likeness (QED) is 0.791. The van der Waals surface area contributed by atoms with E-state index in [0.717, 1.165) is 28.5 Å². The van der Waals surface area contributed by atoms with Gasteiger partial charge in [-0.2, -0.15) is 0 Å². The highest BCUT2D eigenvalue weighted by molar-refractivity contribution is 5.94. The van der Waals surface area contributed by atoms with Crippen LogP contribution in [0.5, 0.6) is 0 Å². The zero-order valence-corrected chi connectivity index (χ0v) is 11.9. The molecule has 0 saturated heterocycles. The van der Waals surface area contributed by atoms with Crippen molar-refractivity contribution in [1.82, 2.24) is 5.32 Å². The fourth-order valence-corrected chi connectivity index (χ4v) is 2.43. The maximum Gasteiger partial charge on any atom is 0.251 e. The van der Waals surface area contributed by atoms with Crippen molar-refractivity contribution in [2.24, 2.45) is 0 Å². The lowest BCUT2D eigenvalue weighted by Gasteiger charge is -2.05. The van der Waals surface area contributed by atoms with Crippen LogP contribution in [-0.2, 0) is 6.42 Å². The van der Waals surface area contributed by atoms with Crippen molar-refractivity contribution in [3.8, 4) is 0 Å². The molecule has 0 atom stereocenters. The number of benzene rings is 2. The van der Waals surface area contributed by atoms with Gasteiger partial charge in [-0.3, -0.25) is 4.79 Å². The van der Waals surface area contributed by atoms with Gasteiger partial charge < -0.3 is 9.73 Å². The van der Waals surface area contributed by atoms with Crippen LogP contribution in [0.15, 0.2) is 59.2 Å². The average molecular weight is 279 g/mol. The third kappa shape index (κ3) is 2.97. The molecule has 0 aliphatic heterocycles. The van der Waals surface area contributed by atoms with E-state index in [1.165, 1.54) is 0 Å². The van der Waals surface area contributed by atoms with E-state index in [4.69, 9.17) is 4.42 Å². The van der Waals surface area contributed by atoms with Gasteiger partial charge in [0, 0.05) is 17.5 Å². The van der Waals surface area contributed by atoms with Crippen LogP contribution in [0.3, 0.4) is 0 Å². The minimum absolute atomic E-state index is 0.0356. The maximum atomic E-state index is 12.1. The highest BCUT2D eigenvalue weighted by atomic mass is 16.3. The largest absolute Gasteiger partial charge is 0.464 e. The summed E-state index contributed by atoms with van der Waals surface area (Å²) in [7, 11) is 0. The van der Waals surface area contributed by atoms with E-state index >= 15 is 0 Å². The molecule has 106 valence electrons. The second-order valence-electron chi connectivity index (χ2n) is 5.13. The maximum absolute atomic E-state index is 12.1. The Morgan fingerprint density at radius 3 is 2.86 bits per heavy atom. The molecule has 3 rings (SSSR count). The summed E-state index contributed by atoms with van der Waals surface area (Å²) < 4.78 is 5.49. The topological polar surface area (TPSA) is 42.2 Å². The number of amides is 1. The van der Waals surface area contributed by atoms with Crippen molar-refractivity contribution in [3.63, 3.8) is 0 Å². The fraction of sp³-hybridized carbons (Fsp3) is 0.167. The summed E-state index contributed by atoms with van der Waals surface area (Å²) in [5.74, 6) is -0.0356. The summed E-state index contributed by atoms with van der Waals surface area (Å²) in [5, 5.41) is 4.06. The Morgan fingerprint density at radius 2 is 2.00 bits per heavy atom. The molecule has 3 heteroatoms. The molecule has 0 spiro atoms. The van der Waals surface area contributed by atoms with E-state index in [1.807, 2.05) is 55.5 Å². The Bertz CT molecular complexity index is 773. The lowest BCUT2D eigenvalue weighted by atomic mass is 10.1. The van der Waals surface area contributed by atoms with Crippen molar-refractivity contribution >= 4 is 16.9 Å². The number of carbonyl (C=O) groups is 1. The SMILES string of the molecule is Cc1cccc(C(=O)NCCc2coc3ccccc23)c1. The summed E-state index contributed by atoms with van der Waals surface area (Å²) in [4.78, 5) is 12.1.